The van der Waals surface area contributed by atoms with Gasteiger partial charge in [-0.15, -0.1) is 33.2 Å². The summed E-state index contributed by atoms with van der Waals surface area (Å²) >= 11 is 20.0. The Balaban J connectivity index is 2.99. The molecule has 0 saturated carbocycles. The van der Waals surface area contributed by atoms with Gasteiger partial charge in [-0.2, -0.15) is 0 Å². The third-order valence-electron chi connectivity index (χ3n) is 3.59. The molecule has 0 fully saturated rings. The second-order valence-corrected chi connectivity index (χ2v) is 16.0. The highest BCUT2D eigenvalue weighted by molar-refractivity contribution is 14.1. The standard InChI is InChI=1S/C15H30Cl3ISi/c16-20(17,18)15-13-11-9-7-5-3-1-2-4-6-8-10-12-14-19/h1-15H2. The number of hydrogen-bond donors (Lipinski definition) is 0. The molecule has 0 aliphatic carbocycles. The van der Waals surface area contributed by atoms with Gasteiger partial charge in [-0.3, -0.25) is 0 Å². The molecular formula is C15H30Cl3ISi. The van der Waals surface area contributed by atoms with E-state index >= 15 is 0 Å². The fourth-order valence-electron chi connectivity index (χ4n) is 2.36. The monoisotopic (exact) mass is 470 g/mol. The van der Waals surface area contributed by atoms with Crippen LogP contribution in [0.15, 0.2) is 0 Å². The summed E-state index contributed by atoms with van der Waals surface area (Å²) in [6, 6.07) is -1.52. The Morgan fingerprint density at radius 3 is 1.10 bits per heavy atom. The van der Waals surface area contributed by atoms with Gasteiger partial charge in [0.25, 0.3) is 0 Å². The van der Waals surface area contributed by atoms with Crippen molar-refractivity contribution in [1.82, 2.24) is 0 Å². The fraction of sp³-hybridized carbons (Fsp3) is 1.00. The average Bonchev–Trinajstić information content (AvgIpc) is 2.38. The van der Waals surface area contributed by atoms with E-state index in [9.17, 15) is 0 Å². The van der Waals surface area contributed by atoms with Crippen LogP contribution in [0, 0.1) is 0 Å². The van der Waals surface area contributed by atoms with Crippen molar-refractivity contribution in [2.75, 3.05) is 4.43 Å². The van der Waals surface area contributed by atoms with Crippen molar-refractivity contribution in [1.29, 1.82) is 0 Å². The zero-order valence-corrected chi connectivity index (χ0v) is 18.0. The van der Waals surface area contributed by atoms with Crippen LogP contribution in [0.3, 0.4) is 0 Å². The van der Waals surface area contributed by atoms with E-state index in [0.29, 0.717) is 0 Å². The molecule has 0 nitrogen and oxygen atoms in total. The topological polar surface area (TPSA) is 0 Å². The van der Waals surface area contributed by atoms with E-state index < -0.39 is 6.00 Å². The van der Waals surface area contributed by atoms with Gasteiger partial charge in [-0.25, -0.2) is 0 Å². The first-order chi connectivity index (χ1) is 9.56. The lowest BCUT2D eigenvalue weighted by Crippen LogP contribution is -2.07. The minimum atomic E-state index is -2.34. The summed E-state index contributed by atoms with van der Waals surface area (Å²) in [5.74, 6) is 0. The lowest BCUT2D eigenvalue weighted by atomic mass is 10.1. The van der Waals surface area contributed by atoms with Gasteiger partial charge >= 0.3 is 6.00 Å². The normalized spacial score (nSPS) is 12.0. The summed E-state index contributed by atoms with van der Waals surface area (Å²) in [6.07, 6.45) is 17.8. The van der Waals surface area contributed by atoms with Gasteiger partial charge in [0.05, 0.1) is 0 Å². The molecule has 0 N–H and O–H groups in total. The van der Waals surface area contributed by atoms with Crippen LogP contribution in [-0.2, 0) is 0 Å². The van der Waals surface area contributed by atoms with Gasteiger partial charge in [0.15, 0.2) is 0 Å². The van der Waals surface area contributed by atoms with Gasteiger partial charge in [-0.1, -0.05) is 99.6 Å². The van der Waals surface area contributed by atoms with E-state index in [-0.39, 0.29) is 0 Å². The lowest BCUT2D eigenvalue weighted by Gasteiger charge is -2.06. The molecule has 0 aromatic heterocycles. The first kappa shape index (κ1) is 21.8. The van der Waals surface area contributed by atoms with Crippen LogP contribution in [0.4, 0.5) is 0 Å². The molecule has 0 amide bonds. The summed E-state index contributed by atoms with van der Waals surface area (Å²) < 4.78 is 1.32. The van der Waals surface area contributed by atoms with Crippen molar-refractivity contribution in [3.05, 3.63) is 0 Å². The Morgan fingerprint density at radius 2 is 0.800 bits per heavy atom. The molecule has 0 aromatic carbocycles. The number of unbranched alkanes of at least 4 members (excludes halogenated alkanes) is 12. The summed E-state index contributed by atoms with van der Waals surface area (Å²) in [5, 5.41) is 0. The summed E-state index contributed by atoms with van der Waals surface area (Å²) in [6.45, 7) is 0. The molecule has 0 unspecified atom stereocenters. The Hall–Kier alpha value is 1.82. The SMILES string of the molecule is Cl[Si](Cl)(Cl)CCCCCCCCCCCCCCCI. The van der Waals surface area contributed by atoms with Crippen molar-refractivity contribution in [3.63, 3.8) is 0 Å². The van der Waals surface area contributed by atoms with Crippen molar-refractivity contribution in [3.8, 4) is 0 Å². The Bertz CT molecular complexity index is 198. The van der Waals surface area contributed by atoms with E-state index in [2.05, 4.69) is 22.6 Å². The number of rotatable bonds is 15. The van der Waals surface area contributed by atoms with Gasteiger partial charge in [0, 0.05) is 0 Å². The molecule has 0 atom stereocenters. The van der Waals surface area contributed by atoms with Gasteiger partial charge in [0.1, 0.15) is 0 Å². The predicted octanol–water partition coefficient (Wildman–Crippen LogP) is 8.15. The highest BCUT2D eigenvalue weighted by atomic mass is 127. The predicted molar refractivity (Wildman–Crippen MR) is 107 cm³/mol. The molecule has 5 heteroatoms. The van der Waals surface area contributed by atoms with Gasteiger partial charge < -0.3 is 0 Å². The summed E-state index contributed by atoms with van der Waals surface area (Å²) in [4.78, 5) is 0. The lowest BCUT2D eigenvalue weighted by molar-refractivity contribution is 0.543. The molecule has 0 radical (unpaired) electrons. The highest BCUT2D eigenvalue weighted by Gasteiger charge is 2.23. The van der Waals surface area contributed by atoms with Crippen molar-refractivity contribution >= 4 is 61.8 Å². The van der Waals surface area contributed by atoms with Crippen molar-refractivity contribution in [2.45, 2.75) is 89.5 Å². The maximum absolute atomic E-state index is 5.85. The van der Waals surface area contributed by atoms with Gasteiger partial charge in [0.2, 0.25) is 0 Å². The first-order valence-corrected chi connectivity index (χ1v) is 15.0. The van der Waals surface area contributed by atoms with Crippen LogP contribution >= 0.6 is 55.8 Å². The summed E-state index contributed by atoms with van der Waals surface area (Å²) in [7, 11) is 0. The Labute approximate surface area is 155 Å². The van der Waals surface area contributed by atoms with Crippen LogP contribution in [0.5, 0.6) is 0 Å². The maximum Gasteiger partial charge on any atom is 0.341 e. The maximum atomic E-state index is 5.85. The molecule has 0 aliphatic rings. The molecule has 20 heavy (non-hydrogen) atoms. The van der Waals surface area contributed by atoms with Crippen LogP contribution in [0.25, 0.3) is 0 Å². The average molecular weight is 472 g/mol. The number of hydrogen-bond acceptors (Lipinski definition) is 0. The Kier molecular flexibility index (Phi) is 17.1. The van der Waals surface area contributed by atoms with E-state index in [1.165, 1.54) is 81.5 Å². The molecule has 0 heterocycles. The molecule has 0 aliphatic heterocycles. The fourth-order valence-corrected chi connectivity index (χ4v) is 4.76. The smallest absolute Gasteiger partial charge is 0.126 e. The zero-order chi connectivity index (χ0) is 15.1. The van der Waals surface area contributed by atoms with Crippen LogP contribution in [0.1, 0.15) is 83.5 Å². The largest absolute Gasteiger partial charge is 0.341 e. The van der Waals surface area contributed by atoms with Crippen LogP contribution in [-0.4, -0.2) is 10.4 Å². The van der Waals surface area contributed by atoms with Crippen LogP contribution in [0.2, 0.25) is 6.04 Å². The number of halogens is 4. The minimum absolute atomic E-state index is 0.829. The molecule has 0 aromatic rings. The second kappa shape index (κ2) is 15.7. The van der Waals surface area contributed by atoms with Gasteiger partial charge in [-0.05, 0) is 16.9 Å². The third-order valence-corrected chi connectivity index (χ3v) is 6.98. The van der Waals surface area contributed by atoms with Crippen LogP contribution < -0.4 is 0 Å². The highest BCUT2D eigenvalue weighted by Crippen LogP contribution is 2.27. The van der Waals surface area contributed by atoms with Crippen molar-refractivity contribution < 1.29 is 0 Å². The summed E-state index contributed by atoms with van der Waals surface area (Å²) in [5.41, 5.74) is 0. The van der Waals surface area contributed by atoms with E-state index in [1.54, 1.807) is 0 Å². The quantitative estimate of drug-likeness (QED) is 0.0743. The zero-order valence-electron chi connectivity index (χ0n) is 12.6. The number of alkyl halides is 1. The Morgan fingerprint density at radius 1 is 0.500 bits per heavy atom. The van der Waals surface area contributed by atoms with E-state index in [1.807, 2.05) is 0 Å². The molecular weight excluding hydrogens is 442 g/mol. The molecule has 0 bridgehead atoms. The second-order valence-electron chi connectivity index (χ2n) is 5.65. The molecule has 0 spiro atoms. The van der Waals surface area contributed by atoms with E-state index in [0.717, 1.165) is 12.5 Å². The third kappa shape index (κ3) is 19.8. The minimum Gasteiger partial charge on any atom is -0.126 e. The molecule has 122 valence electrons. The van der Waals surface area contributed by atoms with Crippen molar-refractivity contribution in [2.24, 2.45) is 0 Å². The first-order valence-electron chi connectivity index (χ1n) is 8.19. The molecule has 0 rings (SSSR count). The van der Waals surface area contributed by atoms with E-state index in [4.69, 9.17) is 33.2 Å². The molecule has 0 saturated heterocycles.